The first-order valence-electron chi connectivity index (χ1n) is 6.70. The van der Waals surface area contributed by atoms with Crippen LogP contribution >= 0.6 is 0 Å². The number of aliphatic hydroxyl groups excluding tert-OH is 1. The van der Waals surface area contributed by atoms with E-state index in [1.54, 1.807) is 7.11 Å². The first kappa shape index (κ1) is 13.5. The average molecular weight is 249 g/mol. The minimum absolute atomic E-state index is 0.159. The maximum Gasteiger partial charge on any atom is 0.0946 e. The second-order valence-electron chi connectivity index (χ2n) is 5.27. The Hall–Kier alpha value is -0.900. The van der Waals surface area contributed by atoms with Crippen LogP contribution < -0.4 is 5.32 Å². The molecular weight excluding hydrogens is 226 g/mol. The molecule has 0 bridgehead atoms. The van der Waals surface area contributed by atoms with E-state index in [0.717, 1.165) is 24.1 Å². The smallest absolute Gasteiger partial charge is 0.0946 e. The number of aliphatic hydroxyl groups is 1. The molecule has 3 heteroatoms. The maximum absolute atomic E-state index is 10.6. The van der Waals surface area contributed by atoms with Gasteiger partial charge in [-0.3, -0.25) is 0 Å². The first-order valence-corrected chi connectivity index (χ1v) is 6.70. The maximum atomic E-state index is 10.6. The number of ether oxygens (including phenoxy) is 1. The summed E-state index contributed by atoms with van der Waals surface area (Å²) in [6.07, 6.45) is 1.78. The average Bonchev–Trinajstić information content (AvgIpc) is 2.39. The van der Waals surface area contributed by atoms with Crippen LogP contribution in [0.2, 0.25) is 0 Å². The summed E-state index contributed by atoms with van der Waals surface area (Å²) >= 11 is 0. The lowest BCUT2D eigenvalue weighted by Gasteiger charge is -2.32. The van der Waals surface area contributed by atoms with Crippen molar-refractivity contribution in [2.24, 2.45) is 5.92 Å². The summed E-state index contributed by atoms with van der Waals surface area (Å²) in [6.45, 7) is 3.80. The van der Waals surface area contributed by atoms with E-state index in [4.69, 9.17) is 4.74 Å². The molecule has 1 saturated heterocycles. The van der Waals surface area contributed by atoms with Crippen molar-refractivity contribution in [2.75, 3.05) is 13.7 Å². The van der Waals surface area contributed by atoms with E-state index in [9.17, 15) is 5.11 Å². The monoisotopic (exact) mass is 249 g/mol. The Morgan fingerprint density at radius 1 is 1.44 bits per heavy atom. The minimum Gasteiger partial charge on any atom is -0.387 e. The topological polar surface area (TPSA) is 41.5 Å². The number of piperidine rings is 1. The molecule has 0 aliphatic carbocycles. The van der Waals surface area contributed by atoms with Crippen LogP contribution in [0.15, 0.2) is 24.3 Å². The van der Waals surface area contributed by atoms with Gasteiger partial charge in [-0.05, 0) is 36.4 Å². The predicted octanol–water partition coefficient (Wildman–Crippen LogP) is 2.25. The molecule has 100 valence electrons. The molecule has 3 atom stereocenters. The molecule has 0 saturated carbocycles. The van der Waals surface area contributed by atoms with Gasteiger partial charge >= 0.3 is 0 Å². The number of benzene rings is 1. The normalized spacial score (nSPS) is 25.9. The molecule has 2 rings (SSSR count). The highest BCUT2D eigenvalue weighted by atomic mass is 16.5. The van der Waals surface area contributed by atoms with Crippen molar-refractivity contribution >= 4 is 0 Å². The van der Waals surface area contributed by atoms with Crippen LogP contribution in [0.1, 0.15) is 37.0 Å². The van der Waals surface area contributed by atoms with Crippen LogP contribution in [-0.2, 0) is 11.3 Å². The highest BCUT2D eigenvalue weighted by molar-refractivity contribution is 5.29. The summed E-state index contributed by atoms with van der Waals surface area (Å²) in [5.41, 5.74) is 2.07. The van der Waals surface area contributed by atoms with E-state index in [-0.39, 0.29) is 6.04 Å². The molecule has 1 aromatic rings. The molecule has 1 aliphatic rings. The third-order valence-electron chi connectivity index (χ3n) is 3.75. The summed E-state index contributed by atoms with van der Waals surface area (Å²) in [5, 5.41) is 14.0. The van der Waals surface area contributed by atoms with E-state index in [1.807, 2.05) is 24.3 Å². The molecule has 1 aliphatic heterocycles. The van der Waals surface area contributed by atoms with E-state index in [0.29, 0.717) is 12.5 Å². The summed E-state index contributed by atoms with van der Waals surface area (Å²) < 4.78 is 5.20. The van der Waals surface area contributed by atoms with E-state index in [2.05, 4.69) is 12.2 Å². The van der Waals surface area contributed by atoms with Gasteiger partial charge < -0.3 is 15.2 Å². The molecule has 0 amide bonds. The second kappa shape index (κ2) is 6.32. The molecule has 0 aromatic heterocycles. The van der Waals surface area contributed by atoms with Crippen LogP contribution in [0.4, 0.5) is 0 Å². The van der Waals surface area contributed by atoms with Crippen molar-refractivity contribution in [3.05, 3.63) is 35.4 Å². The number of hydrogen-bond acceptors (Lipinski definition) is 3. The summed E-state index contributed by atoms with van der Waals surface area (Å²) in [4.78, 5) is 0. The fourth-order valence-corrected chi connectivity index (χ4v) is 2.72. The Balaban J connectivity index is 2.14. The highest BCUT2D eigenvalue weighted by Gasteiger charge is 2.27. The largest absolute Gasteiger partial charge is 0.387 e. The summed E-state index contributed by atoms with van der Waals surface area (Å²) in [5.74, 6) is 0.681. The molecule has 1 aromatic carbocycles. The van der Waals surface area contributed by atoms with Crippen LogP contribution in [0.25, 0.3) is 0 Å². The Morgan fingerprint density at radius 3 is 2.94 bits per heavy atom. The number of hydrogen-bond donors (Lipinski definition) is 2. The molecule has 0 spiro atoms. The van der Waals surface area contributed by atoms with Crippen molar-refractivity contribution in [2.45, 2.75) is 38.5 Å². The first-order chi connectivity index (χ1) is 8.72. The van der Waals surface area contributed by atoms with Gasteiger partial charge in [-0.15, -0.1) is 0 Å². The lowest BCUT2D eigenvalue weighted by Crippen LogP contribution is -2.41. The van der Waals surface area contributed by atoms with Crippen LogP contribution in [0.5, 0.6) is 0 Å². The van der Waals surface area contributed by atoms with Gasteiger partial charge in [0, 0.05) is 13.2 Å². The van der Waals surface area contributed by atoms with E-state index >= 15 is 0 Å². The molecule has 1 fully saturated rings. The standard InChI is InChI=1S/C15H23NO2/c1-11-7-8-16-14(9-11)15(17)13-6-4-3-5-12(13)10-18-2/h3-6,11,14-17H,7-10H2,1-2H3. The summed E-state index contributed by atoms with van der Waals surface area (Å²) in [7, 11) is 1.68. The molecule has 18 heavy (non-hydrogen) atoms. The van der Waals surface area contributed by atoms with Gasteiger partial charge in [0.1, 0.15) is 0 Å². The Kier molecular flexibility index (Phi) is 4.75. The Labute approximate surface area is 109 Å². The predicted molar refractivity (Wildman–Crippen MR) is 72.3 cm³/mol. The molecule has 3 nitrogen and oxygen atoms in total. The van der Waals surface area contributed by atoms with Crippen molar-refractivity contribution in [3.8, 4) is 0 Å². The molecule has 3 unspecified atom stereocenters. The zero-order valence-corrected chi connectivity index (χ0v) is 11.2. The van der Waals surface area contributed by atoms with Gasteiger partial charge in [-0.25, -0.2) is 0 Å². The summed E-state index contributed by atoms with van der Waals surface area (Å²) in [6, 6.07) is 8.14. The van der Waals surface area contributed by atoms with Gasteiger partial charge in [0.2, 0.25) is 0 Å². The third-order valence-corrected chi connectivity index (χ3v) is 3.75. The van der Waals surface area contributed by atoms with Crippen molar-refractivity contribution < 1.29 is 9.84 Å². The quantitative estimate of drug-likeness (QED) is 0.860. The van der Waals surface area contributed by atoms with Gasteiger partial charge in [0.25, 0.3) is 0 Å². The Bertz CT molecular complexity index is 381. The van der Waals surface area contributed by atoms with Gasteiger partial charge in [-0.1, -0.05) is 31.2 Å². The van der Waals surface area contributed by atoms with Crippen LogP contribution in [-0.4, -0.2) is 24.8 Å². The van der Waals surface area contributed by atoms with Crippen molar-refractivity contribution in [1.29, 1.82) is 0 Å². The zero-order valence-electron chi connectivity index (χ0n) is 11.2. The number of nitrogens with one attached hydrogen (secondary N) is 1. The van der Waals surface area contributed by atoms with Gasteiger partial charge in [0.05, 0.1) is 12.7 Å². The van der Waals surface area contributed by atoms with Crippen LogP contribution in [0, 0.1) is 5.92 Å². The highest BCUT2D eigenvalue weighted by Crippen LogP contribution is 2.28. The Morgan fingerprint density at radius 2 is 2.22 bits per heavy atom. The fourth-order valence-electron chi connectivity index (χ4n) is 2.72. The third kappa shape index (κ3) is 3.10. The molecule has 1 heterocycles. The lowest BCUT2D eigenvalue weighted by molar-refractivity contribution is 0.0977. The minimum atomic E-state index is -0.445. The molecular formula is C15H23NO2. The SMILES string of the molecule is COCc1ccccc1C(O)C1CC(C)CCN1. The number of methoxy groups -OCH3 is 1. The van der Waals surface area contributed by atoms with Crippen molar-refractivity contribution in [1.82, 2.24) is 5.32 Å². The van der Waals surface area contributed by atoms with Gasteiger partial charge in [0.15, 0.2) is 0 Å². The van der Waals surface area contributed by atoms with Crippen molar-refractivity contribution in [3.63, 3.8) is 0 Å². The van der Waals surface area contributed by atoms with E-state index in [1.165, 1.54) is 6.42 Å². The number of rotatable bonds is 4. The molecule has 2 N–H and O–H groups in total. The fraction of sp³-hybridized carbons (Fsp3) is 0.600. The van der Waals surface area contributed by atoms with Gasteiger partial charge in [-0.2, -0.15) is 0 Å². The van der Waals surface area contributed by atoms with Crippen LogP contribution in [0.3, 0.4) is 0 Å². The molecule has 0 radical (unpaired) electrons. The zero-order chi connectivity index (χ0) is 13.0. The second-order valence-corrected chi connectivity index (χ2v) is 5.27. The lowest BCUT2D eigenvalue weighted by atomic mass is 9.87. The van der Waals surface area contributed by atoms with E-state index < -0.39 is 6.10 Å².